The number of hydrogen-bond acceptors (Lipinski definition) is 3. The minimum absolute atomic E-state index is 0.0762. The Balaban J connectivity index is 2.01. The lowest BCUT2D eigenvalue weighted by Gasteiger charge is -1.97. The summed E-state index contributed by atoms with van der Waals surface area (Å²) < 4.78 is 6.42. The zero-order valence-electron chi connectivity index (χ0n) is 10.4. The van der Waals surface area contributed by atoms with E-state index in [2.05, 4.69) is 20.9 Å². The average Bonchev–Trinajstić information content (AvgIpc) is 2.49. The Hall–Kier alpha value is -2.20. The quantitative estimate of drug-likeness (QED) is 0.658. The van der Waals surface area contributed by atoms with Crippen LogP contribution in [0.3, 0.4) is 0 Å². The van der Waals surface area contributed by atoms with Crippen molar-refractivity contribution in [3.63, 3.8) is 0 Å². The second kappa shape index (κ2) is 5.43. The summed E-state index contributed by atoms with van der Waals surface area (Å²) in [6.07, 6.45) is 2.97. The van der Waals surface area contributed by atoms with Gasteiger partial charge in [0.2, 0.25) is 5.43 Å². The Morgan fingerprint density at radius 1 is 1.05 bits per heavy atom. The topological polar surface area (TPSA) is 42.6 Å². The van der Waals surface area contributed by atoms with E-state index in [-0.39, 0.29) is 5.43 Å². The van der Waals surface area contributed by atoms with Crippen molar-refractivity contribution < 1.29 is 4.42 Å². The van der Waals surface area contributed by atoms with E-state index < -0.39 is 0 Å². The van der Waals surface area contributed by atoms with Crippen molar-refractivity contribution in [3.05, 3.63) is 75.1 Å². The third-order valence-electron chi connectivity index (χ3n) is 2.89. The molecule has 0 radical (unpaired) electrons. The van der Waals surface area contributed by atoms with Crippen LogP contribution in [0.2, 0.25) is 0 Å². The van der Waals surface area contributed by atoms with Crippen molar-refractivity contribution in [2.75, 3.05) is 0 Å². The molecular weight excluding hydrogens is 318 g/mol. The summed E-state index contributed by atoms with van der Waals surface area (Å²) >= 11 is 3.36. The number of fused-ring (bicyclic) bond motifs is 1. The first-order valence-corrected chi connectivity index (χ1v) is 6.83. The minimum Gasteiger partial charge on any atom is -0.463 e. The second-order valence-electron chi connectivity index (χ2n) is 4.25. The molecule has 0 N–H and O–H groups in total. The van der Waals surface area contributed by atoms with Crippen molar-refractivity contribution >= 4 is 38.8 Å². The van der Waals surface area contributed by atoms with Gasteiger partial charge >= 0.3 is 0 Å². The molecule has 0 saturated carbocycles. The van der Waals surface area contributed by atoms with Gasteiger partial charge in [-0.15, -0.1) is 0 Å². The first kappa shape index (κ1) is 12.8. The van der Waals surface area contributed by atoms with Gasteiger partial charge in [0.25, 0.3) is 0 Å². The lowest BCUT2D eigenvalue weighted by Crippen LogP contribution is -2.07. The van der Waals surface area contributed by atoms with Gasteiger partial charge in [-0.3, -0.25) is 9.79 Å². The van der Waals surface area contributed by atoms with E-state index >= 15 is 0 Å². The van der Waals surface area contributed by atoms with Crippen LogP contribution in [0.1, 0.15) is 5.56 Å². The van der Waals surface area contributed by atoms with Crippen LogP contribution in [0.15, 0.2) is 73.5 Å². The maximum atomic E-state index is 12.2. The molecule has 0 atom stereocenters. The summed E-state index contributed by atoms with van der Waals surface area (Å²) in [4.78, 5) is 16.5. The summed E-state index contributed by atoms with van der Waals surface area (Å²) in [5, 5.41) is 0.562. The van der Waals surface area contributed by atoms with Crippen molar-refractivity contribution in [2.24, 2.45) is 4.99 Å². The number of nitrogens with zero attached hydrogens (tertiary/aromatic N) is 1. The highest BCUT2D eigenvalue weighted by molar-refractivity contribution is 9.10. The second-order valence-corrected chi connectivity index (χ2v) is 5.17. The van der Waals surface area contributed by atoms with E-state index in [0.29, 0.717) is 16.5 Å². The SMILES string of the molecule is O=c1c(C=Nc2ccc(Br)cc2)coc2ccccc12. The first-order chi connectivity index (χ1) is 9.74. The maximum absolute atomic E-state index is 12.2. The number of hydrogen-bond donors (Lipinski definition) is 0. The van der Waals surface area contributed by atoms with Gasteiger partial charge in [0.05, 0.1) is 16.6 Å². The zero-order valence-corrected chi connectivity index (χ0v) is 12.0. The van der Waals surface area contributed by atoms with E-state index in [9.17, 15) is 4.79 Å². The van der Waals surface area contributed by atoms with Crippen LogP contribution in [-0.4, -0.2) is 6.21 Å². The van der Waals surface area contributed by atoms with Crippen LogP contribution < -0.4 is 5.43 Å². The molecule has 1 aromatic heterocycles. The Bertz CT molecular complexity index is 835. The largest absolute Gasteiger partial charge is 0.463 e. The van der Waals surface area contributed by atoms with E-state index in [1.165, 1.54) is 12.5 Å². The average molecular weight is 328 g/mol. The van der Waals surface area contributed by atoms with E-state index in [4.69, 9.17) is 4.42 Å². The lowest BCUT2D eigenvalue weighted by atomic mass is 10.2. The van der Waals surface area contributed by atoms with Crippen LogP contribution in [0.5, 0.6) is 0 Å². The zero-order chi connectivity index (χ0) is 13.9. The third kappa shape index (κ3) is 2.56. The fraction of sp³-hybridized carbons (Fsp3) is 0. The molecule has 0 spiro atoms. The van der Waals surface area contributed by atoms with Crippen LogP contribution in [0.25, 0.3) is 11.0 Å². The predicted molar refractivity (Wildman–Crippen MR) is 83.9 cm³/mol. The molecular formula is C16H10BrNO2. The minimum atomic E-state index is -0.0762. The molecule has 0 aliphatic rings. The van der Waals surface area contributed by atoms with Gasteiger partial charge in [-0.2, -0.15) is 0 Å². The summed E-state index contributed by atoms with van der Waals surface area (Å²) in [6, 6.07) is 14.7. The predicted octanol–water partition coefficient (Wildman–Crippen LogP) is 4.31. The Kier molecular flexibility index (Phi) is 3.48. The molecule has 0 amide bonds. The Labute approximate surface area is 123 Å². The summed E-state index contributed by atoms with van der Waals surface area (Å²) in [5.41, 5.74) is 1.72. The molecule has 98 valence electrons. The highest BCUT2D eigenvalue weighted by atomic mass is 79.9. The van der Waals surface area contributed by atoms with Crippen LogP contribution in [0.4, 0.5) is 5.69 Å². The molecule has 0 bridgehead atoms. The van der Waals surface area contributed by atoms with E-state index in [1.54, 1.807) is 12.1 Å². The van der Waals surface area contributed by atoms with E-state index in [0.717, 1.165) is 10.2 Å². The highest BCUT2D eigenvalue weighted by Crippen LogP contribution is 2.16. The van der Waals surface area contributed by atoms with E-state index in [1.807, 2.05) is 36.4 Å². The molecule has 3 rings (SSSR count). The Morgan fingerprint density at radius 3 is 2.60 bits per heavy atom. The number of para-hydroxylation sites is 1. The summed E-state index contributed by atoms with van der Waals surface area (Å²) in [7, 11) is 0. The van der Waals surface area contributed by atoms with Gasteiger partial charge < -0.3 is 4.42 Å². The van der Waals surface area contributed by atoms with Crippen molar-refractivity contribution in [1.82, 2.24) is 0 Å². The smallest absolute Gasteiger partial charge is 0.201 e. The number of benzene rings is 2. The highest BCUT2D eigenvalue weighted by Gasteiger charge is 2.03. The van der Waals surface area contributed by atoms with Gasteiger partial charge in [0.1, 0.15) is 11.8 Å². The van der Waals surface area contributed by atoms with Gasteiger partial charge in [-0.05, 0) is 36.4 Å². The summed E-state index contributed by atoms with van der Waals surface area (Å²) in [5.74, 6) is 0. The molecule has 3 nitrogen and oxygen atoms in total. The number of halogens is 1. The van der Waals surface area contributed by atoms with Crippen molar-refractivity contribution in [3.8, 4) is 0 Å². The molecule has 2 aromatic carbocycles. The van der Waals surface area contributed by atoms with Crippen LogP contribution in [-0.2, 0) is 0 Å². The number of aliphatic imine (C=N–C) groups is 1. The Morgan fingerprint density at radius 2 is 1.80 bits per heavy atom. The molecule has 20 heavy (non-hydrogen) atoms. The molecule has 1 heterocycles. The summed E-state index contributed by atoms with van der Waals surface area (Å²) in [6.45, 7) is 0. The third-order valence-corrected chi connectivity index (χ3v) is 3.41. The maximum Gasteiger partial charge on any atom is 0.201 e. The van der Waals surface area contributed by atoms with Crippen molar-refractivity contribution in [1.29, 1.82) is 0 Å². The van der Waals surface area contributed by atoms with Gasteiger partial charge in [0.15, 0.2) is 0 Å². The standard InChI is InChI=1S/C16H10BrNO2/c17-12-5-7-13(8-6-12)18-9-11-10-20-15-4-2-1-3-14(15)16(11)19/h1-10H. The van der Waals surface area contributed by atoms with Crippen molar-refractivity contribution in [2.45, 2.75) is 0 Å². The molecule has 0 aliphatic carbocycles. The van der Waals surface area contributed by atoms with Gasteiger partial charge in [0, 0.05) is 10.7 Å². The number of rotatable bonds is 2. The van der Waals surface area contributed by atoms with Gasteiger partial charge in [-0.1, -0.05) is 28.1 Å². The lowest BCUT2D eigenvalue weighted by molar-refractivity contribution is 0.601. The fourth-order valence-electron chi connectivity index (χ4n) is 1.85. The molecule has 0 aliphatic heterocycles. The van der Waals surface area contributed by atoms with Crippen LogP contribution in [0, 0.1) is 0 Å². The monoisotopic (exact) mass is 327 g/mol. The van der Waals surface area contributed by atoms with Gasteiger partial charge in [-0.25, -0.2) is 0 Å². The molecule has 3 aromatic rings. The molecule has 4 heteroatoms. The normalized spacial score (nSPS) is 11.2. The fourth-order valence-corrected chi connectivity index (χ4v) is 2.12. The first-order valence-electron chi connectivity index (χ1n) is 6.04. The molecule has 0 saturated heterocycles. The van der Waals surface area contributed by atoms with Crippen LogP contribution >= 0.6 is 15.9 Å². The molecule has 0 unspecified atom stereocenters. The molecule has 0 fully saturated rings.